The Morgan fingerprint density at radius 3 is 2.88 bits per heavy atom. The van der Waals surface area contributed by atoms with Crippen molar-refractivity contribution in [2.75, 3.05) is 6.54 Å². The molecule has 2 N–H and O–H groups in total. The zero-order valence-electron chi connectivity index (χ0n) is 13.0. The van der Waals surface area contributed by atoms with Crippen molar-refractivity contribution in [1.82, 2.24) is 15.5 Å². The normalized spacial score (nSPS) is 20.2. The van der Waals surface area contributed by atoms with Crippen molar-refractivity contribution in [3.63, 3.8) is 0 Å². The van der Waals surface area contributed by atoms with E-state index in [4.69, 9.17) is 0 Å². The second-order valence-corrected chi connectivity index (χ2v) is 5.70. The molecule has 1 atom stereocenters. The smallest absolute Gasteiger partial charge is 0.255 e. The first-order chi connectivity index (χ1) is 11.6. The number of hydrogen-bond donors (Lipinski definition) is 2. The van der Waals surface area contributed by atoms with E-state index < -0.39 is 11.9 Å². The van der Waals surface area contributed by atoms with Gasteiger partial charge in [-0.1, -0.05) is 24.3 Å². The van der Waals surface area contributed by atoms with Crippen LogP contribution in [0.15, 0.2) is 24.3 Å². The van der Waals surface area contributed by atoms with Gasteiger partial charge in [0.05, 0.1) is 0 Å². The topological polar surface area (TPSA) is 95.6 Å². The molecule has 1 saturated heterocycles. The summed E-state index contributed by atoms with van der Waals surface area (Å²) < 4.78 is 0. The summed E-state index contributed by atoms with van der Waals surface area (Å²) in [5, 5.41) is 4.83. The van der Waals surface area contributed by atoms with E-state index in [1.54, 1.807) is 18.2 Å². The maximum atomic E-state index is 12.6. The number of imide groups is 1. The van der Waals surface area contributed by atoms with Crippen LogP contribution >= 0.6 is 0 Å². The Hall–Kier alpha value is -2.96. The van der Waals surface area contributed by atoms with Gasteiger partial charge in [-0.05, 0) is 23.6 Å². The largest absolute Gasteiger partial charge is 0.355 e. The number of nitrogens with zero attached hydrogens (tertiary/aromatic N) is 1. The van der Waals surface area contributed by atoms with E-state index in [-0.39, 0.29) is 18.2 Å². The third kappa shape index (κ3) is 2.92. The molecule has 0 bridgehead atoms. The van der Waals surface area contributed by atoms with Gasteiger partial charge in [0, 0.05) is 25.1 Å². The van der Waals surface area contributed by atoms with Crippen LogP contribution in [0.5, 0.6) is 0 Å². The minimum atomic E-state index is -0.615. The summed E-state index contributed by atoms with van der Waals surface area (Å²) in [6.45, 7) is 0.736. The molecule has 1 aromatic rings. The van der Waals surface area contributed by atoms with Crippen molar-refractivity contribution in [2.24, 2.45) is 0 Å². The van der Waals surface area contributed by atoms with E-state index in [1.807, 2.05) is 12.1 Å². The molecule has 0 aromatic heterocycles. The van der Waals surface area contributed by atoms with Crippen LogP contribution in [0.4, 0.5) is 0 Å². The average molecular weight is 327 g/mol. The van der Waals surface area contributed by atoms with Crippen LogP contribution in [-0.2, 0) is 20.9 Å². The maximum absolute atomic E-state index is 12.6. The number of piperidine rings is 1. The van der Waals surface area contributed by atoms with Gasteiger partial charge < -0.3 is 10.2 Å². The van der Waals surface area contributed by atoms with Crippen LogP contribution in [0, 0.1) is 0 Å². The second-order valence-electron chi connectivity index (χ2n) is 5.70. The number of nitrogens with one attached hydrogen (secondary N) is 2. The predicted molar refractivity (Wildman–Crippen MR) is 85.6 cm³/mol. The molecule has 7 heteroatoms. The highest BCUT2D eigenvalue weighted by atomic mass is 16.2. The molecule has 4 amide bonds. The molecule has 7 nitrogen and oxygen atoms in total. The average Bonchev–Trinajstić information content (AvgIpc) is 2.89. The first-order valence-corrected chi connectivity index (χ1v) is 7.72. The lowest BCUT2D eigenvalue weighted by molar-refractivity contribution is -0.136. The molecule has 124 valence electrons. The minimum Gasteiger partial charge on any atom is -0.355 e. The van der Waals surface area contributed by atoms with E-state index in [9.17, 15) is 19.2 Å². The molecule has 0 saturated carbocycles. The van der Waals surface area contributed by atoms with Crippen molar-refractivity contribution in [3.8, 4) is 0 Å². The molecule has 1 aromatic carbocycles. The Kier molecular flexibility index (Phi) is 4.41. The van der Waals surface area contributed by atoms with Crippen LogP contribution in [0.1, 0.15) is 34.3 Å². The molecule has 0 spiro atoms. The second kappa shape index (κ2) is 6.66. The first-order valence-electron chi connectivity index (χ1n) is 7.72. The van der Waals surface area contributed by atoms with Crippen molar-refractivity contribution in [3.05, 3.63) is 41.0 Å². The molecule has 1 unspecified atom stereocenters. The summed E-state index contributed by atoms with van der Waals surface area (Å²) in [5.74, 6) is -0.910. The monoisotopic (exact) mass is 327 g/mol. The quantitative estimate of drug-likeness (QED) is 0.459. The predicted octanol–water partition coefficient (Wildman–Crippen LogP) is 0.207. The molecule has 24 heavy (non-hydrogen) atoms. The Balaban J connectivity index is 1.82. The lowest BCUT2D eigenvalue weighted by Gasteiger charge is -2.29. The molecule has 2 heterocycles. The van der Waals surface area contributed by atoms with Gasteiger partial charge in [0.2, 0.25) is 18.2 Å². The zero-order valence-corrected chi connectivity index (χ0v) is 13.0. The number of hydrogen-bond acceptors (Lipinski definition) is 4. The van der Waals surface area contributed by atoms with E-state index >= 15 is 0 Å². The summed E-state index contributed by atoms with van der Waals surface area (Å²) in [6.07, 6.45) is 4.84. The number of amides is 4. The summed E-state index contributed by atoms with van der Waals surface area (Å²) in [5.41, 5.74) is 2.31. The molecule has 0 aliphatic carbocycles. The van der Waals surface area contributed by atoms with Gasteiger partial charge in [0.25, 0.3) is 5.91 Å². The van der Waals surface area contributed by atoms with Crippen LogP contribution in [0.3, 0.4) is 0 Å². The summed E-state index contributed by atoms with van der Waals surface area (Å²) in [4.78, 5) is 47.7. The molecular weight excluding hydrogens is 310 g/mol. The Bertz CT molecular complexity index is 741. The van der Waals surface area contributed by atoms with E-state index in [0.717, 1.165) is 11.1 Å². The number of fused-ring (bicyclic) bond motifs is 1. The Morgan fingerprint density at radius 2 is 2.12 bits per heavy atom. The van der Waals surface area contributed by atoms with E-state index in [2.05, 4.69) is 10.6 Å². The molecule has 3 rings (SSSR count). The number of rotatable bonds is 5. The lowest BCUT2D eigenvalue weighted by Crippen LogP contribution is -2.52. The van der Waals surface area contributed by atoms with Crippen molar-refractivity contribution in [1.29, 1.82) is 0 Å². The van der Waals surface area contributed by atoms with Gasteiger partial charge in [-0.15, -0.1) is 0 Å². The van der Waals surface area contributed by atoms with Crippen LogP contribution < -0.4 is 10.6 Å². The highest BCUT2D eigenvalue weighted by Gasteiger charge is 2.39. The fourth-order valence-electron chi connectivity index (χ4n) is 3.07. The van der Waals surface area contributed by atoms with Gasteiger partial charge in [-0.2, -0.15) is 0 Å². The first kappa shape index (κ1) is 15.9. The molecule has 1 fully saturated rings. The van der Waals surface area contributed by atoms with Gasteiger partial charge in [-0.25, -0.2) is 0 Å². The highest BCUT2D eigenvalue weighted by Crippen LogP contribution is 2.30. The third-order valence-corrected chi connectivity index (χ3v) is 4.23. The van der Waals surface area contributed by atoms with Crippen LogP contribution in [0.2, 0.25) is 0 Å². The summed E-state index contributed by atoms with van der Waals surface area (Å²) in [6, 6.07) is 4.80. The lowest BCUT2D eigenvalue weighted by atomic mass is 10.0. The van der Waals surface area contributed by atoms with Gasteiger partial charge in [0.15, 0.2) is 0 Å². The summed E-state index contributed by atoms with van der Waals surface area (Å²) in [7, 11) is 0. The molecule has 2 aliphatic rings. The fourth-order valence-corrected chi connectivity index (χ4v) is 3.07. The van der Waals surface area contributed by atoms with E-state index in [0.29, 0.717) is 31.5 Å². The number of benzene rings is 1. The number of carbonyl (C=O) groups excluding carboxylic acids is 4. The van der Waals surface area contributed by atoms with Crippen LogP contribution in [0.25, 0.3) is 6.08 Å². The zero-order chi connectivity index (χ0) is 17.1. The number of carbonyl (C=O) groups is 4. The minimum absolute atomic E-state index is 0.194. The van der Waals surface area contributed by atoms with E-state index in [1.165, 1.54) is 4.90 Å². The standard InChI is InChI=1S/C17H17N3O4/c21-10-18-8-2-4-11-3-1-5-12-13(11)9-20(17(12)24)14-6-7-15(22)19-16(14)23/h1-5,10,14H,6-9H2,(H,18,21)(H,19,22,23)/b4-2+. The molecule has 0 radical (unpaired) electrons. The maximum Gasteiger partial charge on any atom is 0.255 e. The third-order valence-electron chi connectivity index (χ3n) is 4.23. The van der Waals surface area contributed by atoms with Crippen molar-refractivity contribution < 1.29 is 19.2 Å². The fraction of sp³-hybridized carbons (Fsp3) is 0.294. The molecular formula is C17H17N3O4. The van der Waals surface area contributed by atoms with Gasteiger partial charge >= 0.3 is 0 Å². The summed E-state index contributed by atoms with van der Waals surface area (Å²) >= 11 is 0. The van der Waals surface area contributed by atoms with Crippen molar-refractivity contribution >= 4 is 30.2 Å². The van der Waals surface area contributed by atoms with Crippen LogP contribution in [-0.4, -0.2) is 41.6 Å². The SMILES string of the molecule is O=CNC/C=C/c1cccc2c1CN(C1CCC(=O)NC1=O)C2=O. The molecule has 2 aliphatic heterocycles. The van der Waals surface area contributed by atoms with Gasteiger partial charge in [-0.3, -0.25) is 24.5 Å². The Labute approximate surface area is 138 Å². The van der Waals surface area contributed by atoms with Crippen molar-refractivity contribution in [2.45, 2.75) is 25.4 Å². The highest BCUT2D eigenvalue weighted by molar-refractivity contribution is 6.05. The Morgan fingerprint density at radius 1 is 1.29 bits per heavy atom. The van der Waals surface area contributed by atoms with Gasteiger partial charge in [0.1, 0.15) is 6.04 Å².